The molecule has 1 aromatic heterocycles. The molecule has 110 valence electrons. The van der Waals surface area contributed by atoms with Crippen molar-refractivity contribution >= 4 is 17.8 Å². The van der Waals surface area contributed by atoms with E-state index in [1.165, 1.54) is 19.3 Å². The predicted octanol–water partition coefficient (Wildman–Crippen LogP) is 2.04. The van der Waals surface area contributed by atoms with Crippen molar-refractivity contribution in [1.29, 1.82) is 0 Å². The van der Waals surface area contributed by atoms with E-state index in [2.05, 4.69) is 39.0 Å². The quantitative estimate of drug-likeness (QED) is 0.879. The number of nitrogens with one attached hydrogen (secondary N) is 1. The predicted molar refractivity (Wildman–Crippen MR) is 80.7 cm³/mol. The minimum absolute atomic E-state index is 0.307. The molecule has 1 aliphatic carbocycles. The van der Waals surface area contributed by atoms with Gasteiger partial charge in [0.25, 0.3) is 0 Å². The van der Waals surface area contributed by atoms with Crippen molar-refractivity contribution in [1.82, 2.24) is 15.0 Å². The molecule has 6 heteroatoms. The summed E-state index contributed by atoms with van der Waals surface area (Å²) in [6.07, 6.45) is 5.95. The molecule has 6 nitrogen and oxygen atoms in total. The summed E-state index contributed by atoms with van der Waals surface area (Å²) >= 11 is 0. The van der Waals surface area contributed by atoms with E-state index in [1.807, 2.05) is 0 Å². The van der Waals surface area contributed by atoms with Crippen molar-refractivity contribution in [3.05, 3.63) is 0 Å². The zero-order chi connectivity index (χ0) is 14.2. The fourth-order valence-corrected chi connectivity index (χ4v) is 3.25. The number of hydrogen-bond acceptors (Lipinski definition) is 6. The summed E-state index contributed by atoms with van der Waals surface area (Å²) < 4.78 is 0. The van der Waals surface area contributed by atoms with E-state index in [-0.39, 0.29) is 0 Å². The summed E-state index contributed by atoms with van der Waals surface area (Å²) in [5, 5.41) is 3.43. The van der Waals surface area contributed by atoms with E-state index in [9.17, 15) is 0 Å². The van der Waals surface area contributed by atoms with Crippen LogP contribution in [0.4, 0.5) is 17.8 Å². The summed E-state index contributed by atoms with van der Waals surface area (Å²) in [7, 11) is 0. The van der Waals surface area contributed by atoms with Gasteiger partial charge in [-0.15, -0.1) is 0 Å². The molecule has 1 saturated carbocycles. The lowest BCUT2D eigenvalue weighted by Gasteiger charge is -2.19. The van der Waals surface area contributed by atoms with Crippen molar-refractivity contribution in [2.24, 2.45) is 5.41 Å². The smallest absolute Gasteiger partial charge is 0.231 e. The first-order chi connectivity index (χ1) is 9.52. The Balaban J connectivity index is 1.73. The van der Waals surface area contributed by atoms with Crippen LogP contribution in [0, 0.1) is 5.41 Å². The fourth-order valence-electron chi connectivity index (χ4n) is 3.25. The Kier molecular flexibility index (Phi) is 3.40. The Morgan fingerprint density at radius 3 is 2.60 bits per heavy atom. The van der Waals surface area contributed by atoms with Crippen molar-refractivity contribution < 1.29 is 0 Å². The van der Waals surface area contributed by atoms with Crippen LogP contribution < -0.4 is 16.0 Å². The normalized spacial score (nSPS) is 25.1. The molecule has 0 spiro atoms. The molecule has 1 unspecified atom stereocenters. The Labute approximate surface area is 120 Å². The third kappa shape index (κ3) is 2.94. The first kappa shape index (κ1) is 13.4. The zero-order valence-corrected chi connectivity index (χ0v) is 12.4. The van der Waals surface area contributed by atoms with E-state index in [4.69, 9.17) is 5.73 Å². The van der Waals surface area contributed by atoms with Gasteiger partial charge in [-0.25, -0.2) is 0 Å². The van der Waals surface area contributed by atoms with Crippen molar-refractivity contribution in [3.63, 3.8) is 0 Å². The maximum absolute atomic E-state index is 5.83. The summed E-state index contributed by atoms with van der Waals surface area (Å²) in [5.41, 5.74) is 6.24. The van der Waals surface area contributed by atoms with Gasteiger partial charge in [-0.3, -0.25) is 0 Å². The second-order valence-electron chi connectivity index (χ2n) is 6.76. The third-order valence-corrected chi connectivity index (χ3v) is 4.33. The van der Waals surface area contributed by atoms with Crippen LogP contribution >= 0.6 is 0 Å². The van der Waals surface area contributed by atoms with Crippen LogP contribution in [-0.2, 0) is 0 Å². The first-order valence-corrected chi connectivity index (χ1v) is 7.55. The van der Waals surface area contributed by atoms with Gasteiger partial charge in [-0.2, -0.15) is 15.0 Å². The van der Waals surface area contributed by atoms with E-state index in [1.54, 1.807) is 0 Å². The Hall–Kier alpha value is -1.59. The van der Waals surface area contributed by atoms with Gasteiger partial charge >= 0.3 is 0 Å². The molecule has 2 fully saturated rings. The second-order valence-corrected chi connectivity index (χ2v) is 6.76. The number of rotatable bonds is 3. The standard InChI is InChI=1S/C14H24N6/c1-14(2)6-5-10(9-14)16-12-17-11(15)18-13(19-12)20-7-3-4-8-20/h10H,3-9H2,1-2H3,(H3,15,16,17,18,19). The Bertz CT molecular complexity index is 481. The van der Waals surface area contributed by atoms with Gasteiger partial charge in [0.05, 0.1) is 0 Å². The van der Waals surface area contributed by atoms with Crippen LogP contribution in [0.1, 0.15) is 46.0 Å². The molecular formula is C14H24N6. The average molecular weight is 276 g/mol. The minimum Gasteiger partial charge on any atom is -0.368 e. The lowest BCUT2D eigenvalue weighted by Crippen LogP contribution is -2.24. The van der Waals surface area contributed by atoms with E-state index in [0.29, 0.717) is 23.4 Å². The third-order valence-electron chi connectivity index (χ3n) is 4.33. The molecule has 1 saturated heterocycles. The summed E-state index contributed by atoms with van der Waals surface area (Å²) in [4.78, 5) is 15.2. The van der Waals surface area contributed by atoms with E-state index >= 15 is 0 Å². The van der Waals surface area contributed by atoms with Gasteiger partial charge in [0.15, 0.2) is 0 Å². The lowest BCUT2D eigenvalue weighted by atomic mass is 9.92. The van der Waals surface area contributed by atoms with E-state index < -0.39 is 0 Å². The van der Waals surface area contributed by atoms with Gasteiger partial charge in [0, 0.05) is 19.1 Å². The van der Waals surface area contributed by atoms with Crippen molar-refractivity contribution in [3.8, 4) is 0 Å². The van der Waals surface area contributed by atoms with Gasteiger partial charge in [-0.05, 0) is 37.5 Å². The first-order valence-electron chi connectivity index (χ1n) is 7.55. The SMILES string of the molecule is CC1(C)CCC(Nc2nc(N)nc(N3CCCC3)n2)C1. The number of nitrogens with two attached hydrogens (primary N) is 1. The molecule has 0 radical (unpaired) electrons. The highest BCUT2D eigenvalue weighted by atomic mass is 15.3. The molecule has 0 amide bonds. The molecule has 3 rings (SSSR count). The molecular weight excluding hydrogens is 252 g/mol. The molecule has 3 N–H and O–H groups in total. The topological polar surface area (TPSA) is 80.0 Å². The van der Waals surface area contributed by atoms with Crippen LogP contribution in [0.3, 0.4) is 0 Å². The van der Waals surface area contributed by atoms with Crippen molar-refractivity contribution in [2.45, 2.75) is 52.0 Å². The van der Waals surface area contributed by atoms with Gasteiger partial charge in [-0.1, -0.05) is 13.8 Å². The number of nitrogen functional groups attached to an aromatic ring is 1. The van der Waals surface area contributed by atoms with Gasteiger partial charge in [0.2, 0.25) is 17.8 Å². The minimum atomic E-state index is 0.307. The largest absolute Gasteiger partial charge is 0.368 e. The molecule has 2 aliphatic rings. The van der Waals surface area contributed by atoms with Crippen LogP contribution in [0.25, 0.3) is 0 Å². The second kappa shape index (κ2) is 5.07. The van der Waals surface area contributed by atoms with Crippen LogP contribution in [-0.4, -0.2) is 34.1 Å². The molecule has 1 aromatic rings. The van der Waals surface area contributed by atoms with E-state index in [0.717, 1.165) is 31.9 Å². The highest BCUT2D eigenvalue weighted by molar-refractivity contribution is 5.43. The summed E-state index contributed by atoms with van der Waals surface area (Å²) in [6.45, 7) is 6.65. The molecule has 1 aliphatic heterocycles. The molecule has 2 heterocycles. The number of nitrogens with zero attached hydrogens (tertiary/aromatic N) is 4. The highest BCUT2D eigenvalue weighted by Crippen LogP contribution is 2.38. The van der Waals surface area contributed by atoms with Crippen LogP contribution in [0.15, 0.2) is 0 Å². The molecule has 0 aromatic carbocycles. The Morgan fingerprint density at radius 1 is 1.20 bits per heavy atom. The van der Waals surface area contributed by atoms with Crippen LogP contribution in [0.5, 0.6) is 0 Å². The molecule has 1 atom stereocenters. The maximum atomic E-state index is 5.83. The maximum Gasteiger partial charge on any atom is 0.231 e. The van der Waals surface area contributed by atoms with Crippen molar-refractivity contribution in [2.75, 3.05) is 29.0 Å². The number of anilines is 3. The fraction of sp³-hybridized carbons (Fsp3) is 0.786. The van der Waals surface area contributed by atoms with Crippen LogP contribution in [0.2, 0.25) is 0 Å². The zero-order valence-electron chi connectivity index (χ0n) is 12.4. The van der Waals surface area contributed by atoms with Gasteiger partial charge < -0.3 is 16.0 Å². The Morgan fingerprint density at radius 2 is 1.95 bits per heavy atom. The summed E-state index contributed by atoms with van der Waals surface area (Å²) in [5.74, 6) is 1.65. The number of aromatic nitrogens is 3. The highest BCUT2D eigenvalue weighted by Gasteiger charge is 2.31. The summed E-state index contributed by atoms with van der Waals surface area (Å²) in [6, 6.07) is 0.443. The average Bonchev–Trinajstić information content (AvgIpc) is 2.98. The molecule has 0 bridgehead atoms. The molecule has 20 heavy (non-hydrogen) atoms. The lowest BCUT2D eigenvalue weighted by molar-refractivity contribution is 0.378. The van der Waals surface area contributed by atoms with Gasteiger partial charge in [0.1, 0.15) is 0 Å². The monoisotopic (exact) mass is 276 g/mol. The number of hydrogen-bond donors (Lipinski definition) is 2.